The van der Waals surface area contributed by atoms with Crippen molar-refractivity contribution in [2.45, 2.75) is 12.5 Å². The van der Waals surface area contributed by atoms with E-state index in [0.717, 1.165) is 52.9 Å². The van der Waals surface area contributed by atoms with Gasteiger partial charge < -0.3 is 9.51 Å². The molecule has 1 aliphatic heterocycles. The fourth-order valence-electron chi connectivity index (χ4n) is 4.78. The average molecular weight is 448 g/mol. The molecule has 3 aromatic carbocycles. The zero-order valence-corrected chi connectivity index (χ0v) is 18.1. The molecule has 0 bridgehead atoms. The fraction of sp³-hybridized carbons (Fsp3) is 0.160. The fourth-order valence-corrected chi connectivity index (χ4v) is 4.78. The van der Waals surface area contributed by atoms with Crippen molar-refractivity contribution in [3.63, 3.8) is 0 Å². The summed E-state index contributed by atoms with van der Waals surface area (Å²) >= 11 is 0. The molecule has 4 heterocycles. The third-order valence-corrected chi connectivity index (χ3v) is 6.56. The largest absolute Gasteiger partial charge is 0.361 e. The lowest BCUT2D eigenvalue weighted by atomic mass is 9.95. The Morgan fingerprint density at radius 2 is 1.91 bits per heavy atom. The molecule has 3 aromatic heterocycles. The van der Waals surface area contributed by atoms with Gasteiger partial charge >= 0.3 is 0 Å². The second-order valence-electron chi connectivity index (χ2n) is 8.68. The van der Waals surface area contributed by atoms with Gasteiger partial charge in [-0.3, -0.25) is 4.90 Å². The highest BCUT2D eigenvalue weighted by Crippen LogP contribution is 2.33. The summed E-state index contributed by atoms with van der Waals surface area (Å²) in [7, 11) is 0. The summed E-state index contributed by atoms with van der Waals surface area (Å²) < 4.78 is 5.65. The minimum absolute atomic E-state index is 0.340. The van der Waals surface area contributed by atoms with Crippen molar-refractivity contribution >= 4 is 21.7 Å². The number of nitrogens with zero attached hydrogens (tertiary/aromatic N) is 6. The first-order valence-electron chi connectivity index (χ1n) is 11.2. The Kier molecular flexibility index (Phi) is 4.28. The van der Waals surface area contributed by atoms with Crippen LogP contribution in [0.2, 0.25) is 0 Å². The van der Waals surface area contributed by atoms with Crippen LogP contribution in [0.4, 0.5) is 0 Å². The SMILES string of the molecule is c1ccc2c(-c3noc(-c4ccc5[nH]ccc5c4)n3)ccc(CN3CC(c4nn[nH]n4)C3)c2c1. The summed E-state index contributed by atoms with van der Waals surface area (Å²) in [6, 6.07) is 20.8. The molecule has 1 saturated heterocycles. The second kappa shape index (κ2) is 7.60. The van der Waals surface area contributed by atoms with Crippen LogP contribution < -0.4 is 0 Å². The smallest absolute Gasteiger partial charge is 0.258 e. The summed E-state index contributed by atoms with van der Waals surface area (Å²) in [4.78, 5) is 10.3. The van der Waals surface area contributed by atoms with Crippen LogP contribution in [0.15, 0.2) is 71.4 Å². The molecule has 0 amide bonds. The molecule has 0 atom stereocenters. The first-order chi connectivity index (χ1) is 16.8. The van der Waals surface area contributed by atoms with E-state index in [2.05, 4.69) is 72.1 Å². The lowest BCUT2D eigenvalue weighted by Crippen LogP contribution is -2.44. The average Bonchev–Trinajstić information content (AvgIpc) is 3.62. The normalized spacial score (nSPS) is 14.7. The lowest BCUT2D eigenvalue weighted by molar-refractivity contribution is 0.135. The molecule has 0 saturated carbocycles. The molecule has 34 heavy (non-hydrogen) atoms. The van der Waals surface area contributed by atoms with Gasteiger partial charge in [-0.2, -0.15) is 10.2 Å². The molecule has 6 aromatic rings. The van der Waals surface area contributed by atoms with Crippen molar-refractivity contribution in [1.29, 1.82) is 0 Å². The summed E-state index contributed by atoms with van der Waals surface area (Å²) in [6.07, 6.45) is 1.92. The monoisotopic (exact) mass is 448 g/mol. The van der Waals surface area contributed by atoms with Crippen LogP contribution in [0.1, 0.15) is 17.3 Å². The number of hydrogen-bond donors (Lipinski definition) is 2. The maximum Gasteiger partial charge on any atom is 0.258 e. The number of nitrogens with one attached hydrogen (secondary N) is 2. The van der Waals surface area contributed by atoms with Crippen LogP contribution in [-0.2, 0) is 6.54 Å². The molecule has 0 unspecified atom stereocenters. The van der Waals surface area contributed by atoms with Crippen molar-refractivity contribution in [2.24, 2.45) is 0 Å². The van der Waals surface area contributed by atoms with Gasteiger partial charge in [0.25, 0.3) is 5.89 Å². The number of likely N-dealkylation sites (tertiary alicyclic amines) is 1. The number of fused-ring (bicyclic) bond motifs is 2. The summed E-state index contributed by atoms with van der Waals surface area (Å²) in [5, 5.41) is 22.2. The Hall–Kier alpha value is -4.37. The molecule has 0 aliphatic carbocycles. The molecule has 7 rings (SSSR count). The molecule has 9 nitrogen and oxygen atoms in total. The van der Waals surface area contributed by atoms with E-state index < -0.39 is 0 Å². The first kappa shape index (κ1) is 19.1. The molecule has 2 N–H and O–H groups in total. The maximum absolute atomic E-state index is 5.65. The molecule has 166 valence electrons. The maximum atomic E-state index is 5.65. The molecule has 1 aliphatic rings. The van der Waals surface area contributed by atoms with Gasteiger partial charge in [-0.15, -0.1) is 10.2 Å². The van der Waals surface area contributed by atoms with Crippen molar-refractivity contribution in [3.8, 4) is 22.8 Å². The van der Waals surface area contributed by atoms with Gasteiger partial charge in [-0.1, -0.05) is 46.8 Å². The van der Waals surface area contributed by atoms with Crippen LogP contribution in [-0.4, -0.2) is 53.7 Å². The molecule has 1 fully saturated rings. The van der Waals surface area contributed by atoms with Crippen LogP contribution in [0.25, 0.3) is 44.5 Å². The van der Waals surface area contributed by atoms with Gasteiger partial charge in [0, 0.05) is 53.8 Å². The highest BCUT2D eigenvalue weighted by Gasteiger charge is 2.31. The van der Waals surface area contributed by atoms with Crippen molar-refractivity contribution in [1.82, 2.24) is 40.6 Å². The zero-order chi connectivity index (χ0) is 22.5. The minimum atomic E-state index is 0.340. The molecule has 0 radical (unpaired) electrons. The number of tetrazole rings is 1. The third kappa shape index (κ3) is 3.17. The Morgan fingerprint density at radius 3 is 2.79 bits per heavy atom. The third-order valence-electron chi connectivity index (χ3n) is 6.56. The van der Waals surface area contributed by atoms with Crippen molar-refractivity contribution < 1.29 is 4.52 Å². The second-order valence-corrected chi connectivity index (χ2v) is 8.68. The van der Waals surface area contributed by atoms with Crippen molar-refractivity contribution in [2.75, 3.05) is 13.1 Å². The van der Waals surface area contributed by atoms with E-state index in [1.165, 1.54) is 10.9 Å². The van der Waals surface area contributed by atoms with Gasteiger partial charge in [0.15, 0.2) is 5.82 Å². The van der Waals surface area contributed by atoms with E-state index in [1.54, 1.807) is 0 Å². The van der Waals surface area contributed by atoms with Gasteiger partial charge in [0.2, 0.25) is 5.82 Å². The Labute approximate surface area is 193 Å². The predicted octanol–water partition coefficient (Wildman–Crippen LogP) is 4.15. The summed E-state index contributed by atoms with van der Waals surface area (Å²) in [5.74, 6) is 2.24. The topological polar surface area (TPSA) is 112 Å². The van der Waals surface area contributed by atoms with Gasteiger partial charge in [-0.05, 0) is 40.6 Å². The van der Waals surface area contributed by atoms with Crippen LogP contribution in [0.5, 0.6) is 0 Å². The predicted molar refractivity (Wildman–Crippen MR) is 127 cm³/mol. The minimum Gasteiger partial charge on any atom is -0.361 e. The van der Waals surface area contributed by atoms with Gasteiger partial charge in [0.05, 0.1) is 0 Å². The van der Waals surface area contributed by atoms with E-state index in [1.807, 2.05) is 30.5 Å². The Bertz CT molecular complexity index is 1610. The van der Waals surface area contributed by atoms with E-state index in [0.29, 0.717) is 17.6 Å². The molecule has 9 heteroatoms. The number of H-pyrrole nitrogens is 2. The first-order valence-corrected chi connectivity index (χ1v) is 11.2. The van der Waals surface area contributed by atoms with E-state index in [9.17, 15) is 0 Å². The number of aromatic nitrogens is 7. The number of hydrogen-bond acceptors (Lipinski definition) is 7. The summed E-state index contributed by atoms with van der Waals surface area (Å²) in [5.41, 5.74) is 4.22. The highest BCUT2D eigenvalue weighted by molar-refractivity contribution is 5.97. The van der Waals surface area contributed by atoms with Gasteiger partial charge in [0.1, 0.15) is 0 Å². The number of benzene rings is 3. The Morgan fingerprint density at radius 1 is 1.00 bits per heavy atom. The zero-order valence-electron chi connectivity index (χ0n) is 18.1. The van der Waals surface area contributed by atoms with E-state index >= 15 is 0 Å². The quantitative estimate of drug-likeness (QED) is 0.407. The Balaban J connectivity index is 1.18. The molecular weight excluding hydrogens is 428 g/mol. The van der Waals surface area contributed by atoms with Crippen LogP contribution >= 0.6 is 0 Å². The van der Waals surface area contributed by atoms with E-state index in [4.69, 9.17) is 9.51 Å². The van der Waals surface area contributed by atoms with E-state index in [-0.39, 0.29) is 0 Å². The number of rotatable bonds is 5. The standard InChI is InChI=1S/C25H20N8O/c1-2-4-20-19(3-1)17(12-33-13-18(14-33)23-28-31-32-29-23)5-7-21(20)24-27-25(34-30-24)16-6-8-22-15(11-16)9-10-26-22/h1-11,18,26H,12-14H2,(H,28,29,31,32). The molecule has 0 spiro atoms. The van der Waals surface area contributed by atoms with Crippen LogP contribution in [0, 0.1) is 0 Å². The number of aromatic amines is 2. The van der Waals surface area contributed by atoms with Gasteiger partial charge in [-0.25, -0.2) is 0 Å². The lowest BCUT2D eigenvalue weighted by Gasteiger charge is -2.37. The van der Waals surface area contributed by atoms with Crippen molar-refractivity contribution in [3.05, 3.63) is 78.2 Å². The highest BCUT2D eigenvalue weighted by atomic mass is 16.5. The summed E-state index contributed by atoms with van der Waals surface area (Å²) in [6.45, 7) is 2.72. The molecular formula is C25H20N8O. The van der Waals surface area contributed by atoms with Crippen LogP contribution in [0.3, 0.4) is 0 Å².